The van der Waals surface area contributed by atoms with E-state index in [1.54, 1.807) is 32.1 Å². The SMILES string of the molecule is CC(C)(C)O.Cc1cc2nc(N3Cc4ccccc4C3)sc2c(-c2ccc(Cl)cc2)c1CC(=O)O. The maximum absolute atomic E-state index is 11.6. The number of anilines is 1. The zero-order valence-corrected chi connectivity index (χ0v) is 21.9. The molecule has 7 heteroatoms. The first-order valence-corrected chi connectivity index (χ1v) is 12.6. The van der Waals surface area contributed by atoms with Crippen LogP contribution in [0, 0.1) is 6.92 Å². The lowest BCUT2D eigenvalue weighted by molar-refractivity contribution is -0.136. The maximum atomic E-state index is 11.6. The maximum Gasteiger partial charge on any atom is 0.307 e. The number of rotatable bonds is 4. The standard InChI is InChI=1S/C24H19ClN2O2S.C4H10O/c1-14-10-20-23(22(19(14)11-21(28)29)15-6-8-18(25)9-7-15)30-24(26-20)27-12-16-4-2-3-5-17(16)13-27;1-4(2,3)5/h2-10H,11-13H2,1H3,(H,28,29);5H,1-3H3. The number of thiazole rings is 1. The highest BCUT2D eigenvalue weighted by atomic mass is 35.5. The lowest BCUT2D eigenvalue weighted by Gasteiger charge is -2.13. The number of aromatic nitrogens is 1. The van der Waals surface area contributed by atoms with Gasteiger partial charge in [0.1, 0.15) is 0 Å². The zero-order valence-electron chi connectivity index (χ0n) is 20.3. The molecule has 0 aliphatic carbocycles. The molecule has 0 saturated heterocycles. The van der Waals surface area contributed by atoms with Crippen molar-refractivity contribution in [1.82, 2.24) is 4.98 Å². The summed E-state index contributed by atoms with van der Waals surface area (Å²) in [5.74, 6) is -0.840. The van der Waals surface area contributed by atoms with Crippen LogP contribution >= 0.6 is 22.9 Å². The fourth-order valence-electron chi connectivity index (χ4n) is 4.13. The van der Waals surface area contributed by atoms with Crippen molar-refractivity contribution in [2.75, 3.05) is 4.90 Å². The second-order valence-electron chi connectivity index (χ2n) is 9.76. The molecule has 2 heterocycles. The average molecular weight is 509 g/mol. The number of aryl methyl sites for hydroxylation is 1. The predicted octanol–water partition coefficient (Wildman–Crippen LogP) is 6.85. The van der Waals surface area contributed by atoms with Crippen molar-refractivity contribution in [1.29, 1.82) is 0 Å². The second-order valence-corrected chi connectivity index (χ2v) is 11.2. The van der Waals surface area contributed by atoms with Crippen molar-refractivity contribution in [3.05, 3.63) is 81.9 Å². The number of halogens is 1. The Hall–Kier alpha value is -2.93. The number of aliphatic carboxylic acids is 1. The first-order valence-electron chi connectivity index (χ1n) is 11.4. The number of carboxylic acid groups (broad SMARTS) is 1. The van der Waals surface area contributed by atoms with Crippen LogP contribution in [0.5, 0.6) is 0 Å². The third-order valence-corrected chi connectivity index (χ3v) is 6.97. The normalized spacial score (nSPS) is 12.9. The van der Waals surface area contributed by atoms with E-state index in [9.17, 15) is 9.90 Å². The molecule has 1 aliphatic rings. The van der Waals surface area contributed by atoms with Crippen LogP contribution in [-0.2, 0) is 24.3 Å². The smallest absolute Gasteiger partial charge is 0.307 e. The van der Waals surface area contributed by atoms with Crippen LogP contribution in [0.3, 0.4) is 0 Å². The van der Waals surface area contributed by atoms with Gasteiger partial charge in [0, 0.05) is 23.7 Å². The Labute approximate surface area is 214 Å². The number of carbonyl (C=O) groups is 1. The summed E-state index contributed by atoms with van der Waals surface area (Å²) in [6.07, 6.45) is -0.0257. The topological polar surface area (TPSA) is 73.7 Å². The quantitative estimate of drug-likeness (QED) is 0.315. The van der Waals surface area contributed by atoms with E-state index in [1.807, 2.05) is 37.3 Å². The summed E-state index contributed by atoms with van der Waals surface area (Å²) in [7, 11) is 0. The van der Waals surface area contributed by atoms with Gasteiger partial charge in [0.2, 0.25) is 0 Å². The van der Waals surface area contributed by atoms with Gasteiger partial charge in [-0.1, -0.05) is 59.3 Å². The number of carboxylic acids is 1. The number of nitrogens with zero attached hydrogens (tertiary/aromatic N) is 2. The molecule has 0 bridgehead atoms. The minimum absolute atomic E-state index is 0.0257. The van der Waals surface area contributed by atoms with Crippen molar-refractivity contribution < 1.29 is 15.0 Å². The molecular weight excluding hydrogens is 480 g/mol. The zero-order chi connectivity index (χ0) is 25.3. The predicted molar refractivity (Wildman–Crippen MR) is 144 cm³/mol. The molecule has 0 fully saturated rings. The van der Waals surface area contributed by atoms with Gasteiger partial charge in [-0.3, -0.25) is 4.79 Å². The average Bonchev–Trinajstić information content (AvgIpc) is 3.37. The Balaban J connectivity index is 0.000000527. The molecule has 2 N–H and O–H groups in total. The highest BCUT2D eigenvalue weighted by Gasteiger charge is 2.24. The number of hydrogen-bond donors (Lipinski definition) is 2. The number of hydrogen-bond acceptors (Lipinski definition) is 5. The Bertz CT molecular complexity index is 1340. The minimum Gasteiger partial charge on any atom is -0.481 e. The highest BCUT2D eigenvalue weighted by Crippen LogP contribution is 2.42. The van der Waals surface area contributed by atoms with Crippen LogP contribution in [0.15, 0.2) is 54.6 Å². The highest BCUT2D eigenvalue weighted by molar-refractivity contribution is 7.22. The van der Waals surface area contributed by atoms with Crippen molar-refractivity contribution in [3.63, 3.8) is 0 Å². The van der Waals surface area contributed by atoms with Crippen molar-refractivity contribution in [3.8, 4) is 11.1 Å². The fraction of sp³-hybridized carbons (Fsp3) is 0.286. The van der Waals surface area contributed by atoms with Crippen LogP contribution in [-0.4, -0.2) is 26.8 Å². The summed E-state index contributed by atoms with van der Waals surface area (Å²) in [6, 6.07) is 18.1. The summed E-state index contributed by atoms with van der Waals surface area (Å²) in [5, 5.41) is 19.7. The molecule has 0 unspecified atom stereocenters. The molecule has 182 valence electrons. The molecule has 3 aromatic carbocycles. The van der Waals surface area contributed by atoms with E-state index in [0.717, 1.165) is 50.7 Å². The molecule has 5 nitrogen and oxygen atoms in total. The van der Waals surface area contributed by atoms with E-state index < -0.39 is 11.6 Å². The Morgan fingerprint density at radius 2 is 1.66 bits per heavy atom. The van der Waals surface area contributed by atoms with Gasteiger partial charge in [0.15, 0.2) is 5.13 Å². The second kappa shape index (κ2) is 9.97. The van der Waals surface area contributed by atoms with Crippen molar-refractivity contribution >= 4 is 44.3 Å². The summed E-state index contributed by atoms with van der Waals surface area (Å²) in [4.78, 5) is 18.8. The number of fused-ring (bicyclic) bond motifs is 2. The van der Waals surface area contributed by atoms with E-state index in [0.29, 0.717) is 5.02 Å². The molecule has 5 rings (SSSR count). The third kappa shape index (κ3) is 6.01. The van der Waals surface area contributed by atoms with Gasteiger partial charge < -0.3 is 15.1 Å². The minimum atomic E-state index is -0.840. The van der Waals surface area contributed by atoms with Crippen LogP contribution in [0.1, 0.15) is 43.0 Å². The van der Waals surface area contributed by atoms with E-state index in [1.165, 1.54) is 11.1 Å². The molecule has 0 amide bonds. The molecule has 4 aromatic rings. The van der Waals surface area contributed by atoms with Gasteiger partial charge in [-0.15, -0.1) is 0 Å². The fourth-order valence-corrected chi connectivity index (χ4v) is 5.39. The first kappa shape index (κ1) is 25.2. The number of benzene rings is 3. The molecule has 0 atom stereocenters. The summed E-state index contributed by atoms with van der Waals surface area (Å²) in [6.45, 7) is 8.87. The van der Waals surface area contributed by atoms with Gasteiger partial charge in [0.25, 0.3) is 0 Å². The molecule has 35 heavy (non-hydrogen) atoms. The van der Waals surface area contributed by atoms with Crippen LogP contribution < -0.4 is 4.90 Å². The van der Waals surface area contributed by atoms with E-state index in [-0.39, 0.29) is 6.42 Å². The van der Waals surface area contributed by atoms with Gasteiger partial charge in [0.05, 0.1) is 22.2 Å². The molecule has 0 spiro atoms. The molecule has 0 saturated carbocycles. The third-order valence-electron chi connectivity index (χ3n) is 5.57. The van der Waals surface area contributed by atoms with Gasteiger partial charge in [-0.2, -0.15) is 0 Å². The Morgan fingerprint density at radius 1 is 1.09 bits per heavy atom. The summed E-state index contributed by atoms with van der Waals surface area (Å²) in [5.41, 5.74) is 6.75. The van der Waals surface area contributed by atoms with Gasteiger partial charge >= 0.3 is 5.97 Å². The van der Waals surface area contributed by atoms with Gasteiger partial charge in [-0.05, 0) is 73.7 Å². The van der Waals surface area contributed by atoms with E-state index in [4.69, 9.17) is 21.7 Å². The van der Waals surface area contributed by atoms with Crippen LogP contribution in [0.4, 0.5) is 5.13 Å². The Kier molecular flexibility index (Phi) is 7.17. The summed E-state index contributed by atoms with van der Waals surface area (Å²) >= 11 is 7.73. The largest absolute Gasteiger partial charge is 0.481 e. The lowest BCUT2D eigenvalue weighted by Crippen LogP contribution is -2.13. The van der Waals surface area contributed by atoms with Crippen LogP contribution in [0.25, 0.3) is 21.3 Å². The molecule has 1 aromatic heterocycles. The first-order chi connectivity index (χ1) is 16.5. The Morgan fingerprint density at radius 3 is 2.20 bits per heavy atom. The summed E-state index contributed by atoms with van der Waals surface area (Å²) < 4.78 is 1.02. The van der Waals surface area contributed by atoms with Crippen molar-refractivity contribution in [2.24, 2.45) is 0 Å². The molecule has 1 aliphatic heterocycles. The van der Waals surface area contributed by atoms with Gasteiger partial charge in [-0.25, -0.2) is 4.98 Å². The van der Waals surface area contributed by atoms with Crippen LogP contribution in [0.2, 0.25) is 5.02 Å². The number of aliphatic hydroxyl groups is 1. The van der Waals surface area contributed by atoms with E-state index in [2.05, 4.69) is 29.2 Å². The monoisotopic (exact) mass is 508 g/mol. The van der Waals surface area contributed by atoms with Crippen molar-refractivity contribution in [2.45, 2.75) is 52.8 Å². The molecular formula is C28H29ClN2O3S. The van der Waals surface area contributed by atoms with E-state index >= 15 is 0 Å². The molecule has 0 radical (unpaired) electrons. The lowest BCUT2D eigenvalue weighted by atomic mass is 9.93.